The minimum Gasteiger partial charge on any atom is -0.379 e. The molecule has 0 spiro atoms. The normalized spacial score (nSPS) is 21.1. The number of aromatic nitrogens is 3. The number of hydrogen-bond acceptors (Lipinski definition) is 6. The molecule has 186 valence electrons. The van der Waals surface area contributed by atoms with E-state index in [0.29, 0.717) is 18.5 Å². The number of carbonyl (C=O) groups is 1. The Morgan fingerprint density at radius 2 is 1.77 bits per heavy atom. The number of anilines is 2. The summed E-state index contributed by atoms with van der Waals surface area (Å²) >= 11 is 1.61. The highest BCUT2D eigenvalue weighted by Crippen LogP contribution is 2.30. The van der Waals surface area contributed by atoms with Crippen molar-refractivity contribution in [2.75, 3.05) is 23.3 Å². The van der Waals surface area contributed by atoms with Crippen LogP contribution in [0.1, 0.15) is 56.7 Å². The lowest BCUT2D eigenvalue weighted by atomic mass is 9.85. The lowest BCUT2D eigenvalue weighted by Gasteiger charge is -2.34. The smallest absolute Gasteiger partial charge is 0.223 e. The van der Waals surface area contributed by atoms with E-state index in [4.69, 9.17) is 0 Å². The third-order valence-electron chi connectivity index (χ3n) is 7.54. The molecule has 1 aromatic carbocycles. The second-order valence-electron chi connectivity index (χ2n) is 10.1. The number of hydrogen-bond donors (Lipinski definition) is 2. The summed E-state index contributed by atoms with van der Waals surface area (Å²) in [5.74, 6) is 0.953. The highest BCUT2D eigenvalue weighted by molar-refractivity contribution is 7.17. The summed E-state index contributed by atoms with van der Waals surface area (Å²) in [6, 6.07) is 12.9. The van der Waals surface area contributed by atoms with Gasteiger partial charge in [-0.15, -0.1) is 10.2 Å². The highest BCUT2D eigenvalue weighted by Gasteiger charge is 2.30. The fraction of sp³-hybridized carbons (Fsp3) is 0.519. The van der Waals surface area contributed by atoms with Crippen LogP contribution in [0.4, 0.5) is 10.8 Å². The summed E-state index contributed by atoms with van der Waals surface area (Å²) in [5.41, 5.74) is 3.50. The van der Waals surface area contributed by atoms with Crippen molar-refractivity contribution in [1.82, 2.24) is 20.1 Å². The van der Waals surface area contributed by atoms with Crippen LogP contribution < -0.4 is 15.5 Å². The third-order valence-corrected chi connectivity index (χ3v) is 8.53. The Kier molecular flexibility index (Phi) is 7.37. The van der Waals surface area contributed by atoms with Gasteiger partial charge in [0.1, 0.15) is 0 Å². The number of benzene rings is 1. The number of rotatable bonds is 7. The average Bonchev–Trinajstić information content (AvgIpc) is 3.55. The predicted molar refractivity (Wildman–Crippen MR) is 142 cm³/mol. The molecule has 2 aromatic heterocycles. The molecule has 0 unspecified atom stereocenters. The van der Waals surface area contributed by atoms with Crippen molar-refractivity contribution in [3.63, 3.8) is 0 Å². The van der Waals surface area contributed by atoms with Crippen LogP contribution in [0.25, 0.3) is 5.13 Å². The summed E-state index contributed by atoms with van der Waals surface area (Å²) in [6.45, 7) is 6.78. The van der Waals surface area contributed by atoms with Gasteiger partial charge in [-0.25, -0.2) is 0 Å². The number of nitrogens with zero attached hydrogens (tertiary/aromatic N) is 4. The third kappa shape index (κ3) is 5.69. The van der Waals surface area contributed by atoms with Crippen LogP contribution in [0.3, 0.4) is 0 Å². The lowest BCUT2D eigenvalue weighted by molar-refractivity contribution is -0.126. The minimum atomic E-state index is 0.108. The van der Waals surface area contributed by atoms with Gasteiger partial charge in [-0.1, -0.05) is 48.8 Å². The van der Waals surface area contributed by atoms with Crippen molar-refractivity contribution < 1.29 is 4.79 Å². The molecule has 2 N–H and O–H groups in total. The van der Waals surface area contributed by atoms with Crippen LogP contribution in [0.15, 0.2) is 42.6 Å². The largest absolute Gasteiger partial charge is 0.379 e. The molecule has 0 radical (unpaired) electrons. The van der Waals surface area contributed by atoms with Gasteiger partial charge in [0.05, 0.1) is 6.54 Å². The van der Waals surface area contributed by atoms with E-state index in [9.17, 15) is 4.79 Å². The van der Waals surface area contributed by atoms with Crippen molar-refractivity contribution in [2.45, 2.75) is 65.0 Å². The topological polar surface area (TPSA) is 75.1 Å². The standard InChI is InChI=1S/C27H36N6OS/c1-19-9-11-22(12-10-19)28-18-23-7-5-15-33(23)27-31-30-26(35-27)32-16-13-21(14-17-32)25(34)29-24-8-4-3-6-20(24)2/h5,7,9-12,15,20-21,24,28H,3-4,6,8,13-14,16-18H2,1-2H3,(H,29,34)/t20-,24-/m1/s1. The van der Waals surface area contributed by atoms with E-state index in [2.05, 4.69) is 74.5 Å². The second kappa shape index (κ2) is 10.8. The maximum Gasteiger partial charge on any atom is 0.223 e. The first-order valence-electron chi connectivity index (χ1n) is 12.9. The highest BCUT2D eigenvalue weighted by atomic mass is 32.1. The Hall–Kier alpha value is -2.87. The maximum absolute atomic E-state index is 12.9. The van der Waals surface area contributed by atoms with Gasteiger partial charge >= 0.3 is 0 Å². The van der Waals surface area contributed by atoms with Gasteiger partial charge in [0.25, 0.3) is 0 Å². The van der Waals surface area contributed by atoms with E-state index in [0.717, 1.165) is 54.0 Å². The zero-order valence-electron chi connectivity index (χ0n) is 20.7. The number of nitrogens with one attached hydrogen (secondary N) is 2. The van der Waals surface area contributed by atoms with Crippen molar-refractivity contribution in [3.05, 3.63) is 53.9 Å². The summed E-state index contributed by atoms with van der Waals surface area (Å²) in [6.07, 6.45) is 8.67. The molecule has 3 aromatic rings. The fourth-order valence-corrected chi connectivity index (χ4v) is 6.12. The van der Waals surface area contributed by atoms with E-state index in [1.54, 1.807) is 11.3 Å². The number of carbonyl (C=O) groups excluding carboxylic acids is 1. The Bertz CT molecular complexity index is 1110. The Morgan fingerprint density at radius 1 is 1.03 bits per heavy atom. The Morgan fingerprint density at radius 3 is 2.54 bits per heavy atom. The van der Waals surface area contributed by atoms with Crippen LogP contribution in [-0.2, 0) is 11.3 Å². The van der Waals surface area contributed by atoms with Crippen molar-refractivity contribution >= 4 is 28.1 Å². The molecule has 35 heavy (non-hydrogen) atoms. The van der Waals surface area contributed by atoms with E-state index in [-0.39, 0.29) is 11.8 Å². The lowest BCUT2D eigenvalue weighted by Crippen LogP contribution is -2.46. The maximum atomic E-state index is 12.9. The molecule has 7 nitrogen and oxygen atoms in total. The molecule has 2 fully saturated rings. The summed E-state index contributed by atoms with van der Waals surface area (Å²) in [4.78, 5) is 15.1. The molecule has 1 amide bonds. The first-order chi connectivity index (χ1) is 17.1. The van der Waals surface area contributed by atoms with Crippen molar-refractivity contribution in [1.29, 1.82) is 0 Å². The van der Waals surface area contributed by atoms with E-state index < -0.39 is 0 Å². The van der Waals surface area contributed by atoms with Crippen LogP contribution in [0.5, 0.6) is 0 Å². The van der Waals surface area contributed by atoms with Crippen LogP contribution in [-0.4, -0.2) is 39.8 Å². The fourth-order valence-electron chi connectivity index (χ4n) is 5.21. The van der Waals surface area contributed by atoms with Gasteiger partial charge < -0.3 is 15.5 Å². The van der Waals surface area contributed by atoms with Crippen molar-refractivity contribution in [2.24, 2.45) is 11.8 Å². The predicted octanol–water partition coefficient (Wildman–Crippen LogP) is 5.16. The number of piperidine rings is 1. The van der Waals surface area contributed by atoms with Crippen molar-refractivity contribution in [3.8, 4) is 5.13 Å². The summed E-state index contributed by atoms with van der Waals surface area (Å²) in [7, 11) is 0. The molecular weight excluding hydrogens is 456 g/mol. The van der Waals surface area contributed by atoms with Crippen LogP contribution in [0.2, 0.25) is 0 Å². The van der Waals surface area contributed by atoms with Gasteiger partial charge in [-0.3, -0.25) is 9.36 Å². The first-order valence-corrected chi connectivity index (χ1v) is 13.7. The zero-order chi connectivity index (χ0) is 24.2. The zero-order valence-corrected chi connectivity index (χ0v) is 21.6. The first kappa shape index (κ1) is 23.9. The molecule has 8 heteroatoms. The Balaban J connectivity index is 1.15. The van der Waals surface area contributed by atoms with Gasteiger partial charge in [0.2, 0.25) is 16.2 Å². The molecule has 5 rings (SSSR count). The van der Waals surface area contributed by atoms with Crippen LogP contribution >= 0.6 is 11.3 Å². The van der Waals surface area contributed by atoms with E-state index in [1.807, 2.05) is 12.3 Å². The molecule has 1 saturated heterocycles. The summed E-state index contributed by atoms with van der Waals surface area (Å²) in [5, 5.41) is 17.6. The molecule has 1 aliphatic heterocycles. The molecule has 3 heterocycles. The van der Waals surface area contributed by atoms with Gasteiger partial charge in [-0.05, 0) is 62.8 Å². The molecule has 1 aliphatic carbocycles. The molecule has 2 atom stereocenters. The second-order valence-corrected chi connectivity index (χ2v) is 11.0. The van der Waals surface area contributed by atoms with Crippen LogP contribution in [0, 0.1) is 18.8 Å². The van der Waals surface area contributed by atoms with Gasteiger partial charge in [-0.2, -0.15) is 0 Å². The van der Waals surface area contributed by atoms with E-state index >= 15 is 0 Å². The number of aryl methyl sites for hydroxylation is 1. The monoisotopic (exact) mass is 492 g/mol. The average molecular weight is 493 g/mol. The molecule has 2 aliphatic rings. The Labute approximate surface area is 211 Å². The molecular formula is C27H36N6OS. The van der Waals surface area contributed by atoms with Gasteiger partial charge in [0.15, 0.2) is 0 Å². The molecule has 1 saturated carbocycles. The number of amides is 1. The summed E-state index contributed by atoms with van der Waals surface area (Å²) < 4.78 is 2.11. The van der Waals surface area contributed by atoms with E-state index in [1.165, 1.54) is 24.8 Å². The SMILES string of the molecule is Cc1ccc(NCc2cccn2-c2nnc(N3CCC(C(=O)N[C@@H]4CCCC[C@H]4C)CC3)s2)cc1. The minimum absolute atomic E-state index is 0.108. The molecule has 0 bridgehead atoms. The quantitative estimate of drug-likeness (QED) is 0.476. The van der Waals surface area contributed by atoms with Gasteiger partial charge in [0, 0.05) is 42.6 Å².